The highest BCUT2D eigenvalue weighted by molar-refractivity contribution is 5.82. The Morgan fingerprint density at radius 2 is 2.00 bits per heavy atom. The van der Waals surface area contributed by atoms with Crippen molar-refractivity contribution in [1.82, 2.24) is 10.2 Å². The van der Waals surface area contributed by atoms with Crippen molar-refractivity contribution in [2.24, 2.45) is 11.3 Å². The van der Waals surface area contributed by atoms with E-state index in [0.29, 0.717) is 19.5 Å². The molecule has 1 atom stereocenters. The van der Waals surface area contributed by atoms with Gasteiger partial charge in [0.05, 0.1) is 0 Å². The van der Waals surface area contributed by atoms with Crippen LogP contribution in [0.3, 0.4) is 0 Å². The van der Waals surface area contributed by atoms with E-state index in [2.05, 4.69) is 19.2 Å². The average Bonchev–Trinajstić information content (AvgIpc) is 2.57. The molecular weight excluding hydrogens is 232 g/mol. The van der Waals surface area contributed by atoms with Crippen LogP contribution in [0.5, 0.6) is 0 Å². The zero-order chi connectivity index (χ0) is 13.9. The smallest absolute Gasteiger partial charge is 0.326 e. The van der Waals surface area contributed by atoms with E-state index in [1.54, 1.807) is 4.90 Å². The van der Waals surface area contributed by atoms with Crippen molar-refractivity contribution in [3.63, 3.8) is 0 Å². The second-order valence-electron chi connectivity index (χ2n) is 6.31. The maximum atomic E-state index is 12.0. The largest absolute Gasteiger partial charge is 0.480 e. The highest BCUT2D eigenvalue weighted by Gasteiger charge is 2.33. The van der Waals surface area contributed by atoms with Crippen LogP contribution in [-0.4, -0.2) is 41.1 Å². The molecule has 5 heteroatoms. The van der Waals surface area contributed by atoms with E-state index < -0.39 is 12.0 Å². The highest BCUT2D eigenvalue weighted by atomic mass is 16.4. The van der Waals surface area contributed by atoms with Gasteiger partial charge in [-0.1, -0.05) is 27.7 Å². The van der Waals surface area contributed by atoms with Gasteiger partial charge < -0.3 is 15.3 Å². The van der Waals surface area contributed by atoms with Crippen LogP contribution in [0.1, 0.15) is 40.5 Å². The molecular formula is C13H24N2O3. The molecule has 0 bridgehead atoms. The van der Waals surface area contributed by atoms with E-state index in [1.165, 1.54) is 0 Å². The minimum absolute atomic E-state index is 0.133. The number of amides is 2. The first kappa shape index (κ1) is 14.8. The summed E-state index contributed by atoms with van der Waals surface area (Å²) < 4.78 is 0. The first-order valence-electron chi connectivity index (χ1n) is 6.49. The predicted octanol–water partition coefficient (Wildman–Crippen LogP) is 1.93. The average molecular weight is 256 g/mol. The quantitative estimate of drug-likeness (QED) is 0.807. The van der Waals surface area contributed by atoms with Gasteiger partial charge in [-0.2, -0.15) is 0 Å². The monoisotopic (exact) mass is 256 g/mol. The van der Waals surface area contributed by atoms with Gasteiger partial charge in [0.2, 0.25) is 0 Å². The maximum absolute atomic E-state index is 12.0. The van der Waals surface area contributed by atoms with E-state index >= 15 is 0 Å². The third-order valence-corrected chi connectivity index (χ3v) is 3.27. The summed E-state index contributed by atoms with van der Waals surface area (Å²) >= 11 is 0. The molecule has 0 aromatic rings. The summed E-state index contributed by atoms with van der Waals surface area (Å²) in [5.74, 6) is -0.725. The van der Waals surface area contributed by atoms with Crippen molar-refractivity contribution in [3.8, 4) is 0 Å². The molecule has 5 nitrogen and oxygen atoms in total. The Bertz CT molecular complexity index is 326. The standard InChI is InChI=1S/C13H24N2O3/c1-9(2)7-10(11(16)17)14-12(18)15-6-5-13(3,4)8-15/h9-10H,5-8H2,1-4H3,(H,14,18)(H,16,17)/t10-/m0/s1. The van der Waals surface area contributed by atoms with Gasteiger partial charge in [0, 0.05) is 13.1 Å². The van der Waals surface area contributed by atoms with Gasteiger partial charge in [-0.3, -0.25) is 0 Å². The Hall–Kier alpha value is -1.26. The van der Waals surface area contributed by atoms with Crippen molar-refractivity contribution in [2.45, 2.75) is 46.6 Å². The van der Waals surface area contributed by atoms with Gasteiger partial charge in [-0.25, -0.2) is 9.59 Å². The lowest BCUT2D eigenvalue weighted by Gasteiger charge is -2.23. The van der Waals surface area contributed by atoms with Crippen LogP contribution >= 0.6 is 0 Å². The number of urea groups is 1. The fourth-order valence-electron chi connectivity index (χ4n) is 2.22. The summed E-state index contributed by atoms with van der Waals surface area (Å²) in [6.45, 7) is 9.51. The van der Waals surface area contributed by atoms with Gasteiger partial charge in [0.15, 0.2) is 0 Å². The number of carboxylic acids is 1. The molecule has 1 saturated heterocycles. The Balaban J connectivity index is 2.54. The first-order chi connectivity index (χ1) is 8.21. The van der Waals surface area contributed by atoms with Crippen LogP contribution in [0.2, 0.25) is 0 Å². The molecule has 1 aliphatic heterocycles. The van der Waals surface area contributed by atoms with Crippen LogP contribution in [0.25, 0.3) is 0 Å². The van der Waals surface area contributed by atoms with Crippen molar-refractivity contribution in [3.05, 3.63) is 0 Å². The number of carboxylic acid groups (broad SMARTS) is 1. The van der Waals surface area contributed by atoms with Crippen LogP contribution in [-0.2, 0) is 4.79 Å². The lowest BCUT2D eigenvalue weighted by atomic mass is 9.93. The third kappa shape index (κ3) is 4.20. The van der Waals surface area contributed by atoms with Crippen LogP contribution in [0, 0.1) is 11.3 Å². The summed E-state index contributed by atoms with van der Waals surface area (Å²) in [7, 11) is 0. The van der Waals surface area contributed by atoms with E-state index in [9.17, 15) is 9.59 Å². The summed E-state index contributed by atoms with van der Waals surface area (Å²) in [5.41, 5.74) is 0.133. The zero-order valence-corrected chi connectivity index (χ0v) is 11.7. The van der Waals surface area contributed by atoms with Crippen molar-refractivity contribution in [1.29, 1.82) is 0 Å². The number of aliphatic carboxylic acids is 1. The fraction of sp³-hybridized carbons (Fsp3) is 0.846. The fourth-order valence-corrected chi connectivity index (χ4v) is 2.22. The van der Waals surface area contributed by atoms with E-state index in [4.69, 9.17) is 5.11 Å². The second kappa shape index (κ2) is 5.59. The molecule has 2 amide bonds. The number of nitrogens with zero attached hydrogens (tertiary/aromatic N) is 1. The molecule has 1 rings (SSSR count). The van der Waals surface area contributed by atoms with E-state index in [1.807, 2.05) is 13.8 Å². The van der Waals surface area contributed by atoms with Gasteiger partial charge >= 0.3 is 12.0 Å². The predicted molar refractivity (Wildman–Crippen MR) is 69.4 cm³/mol. The summed E-state index contributed by atoms with van der Waals surface area (Å²) in [6.07, 6.45) is 1.42. The molecule has 0 aromatic heterocycles. The number of hydrogen-bond acceptors (Lipinski definition) is 2. The van der Waals surface area contributed by atoms with Crippen molar-refractivity contribution in [2.75, 3.05) is 13.1 Å². The van der Waals surface area contributed by atoms with Crippen LogP contribution in [0.4, 0.5) is 4.79 Å². The molecule has 1 fully saturated rings. The molecule has 0 radical (unpaired) electrons. The number of likely N-dealkylation sites (tertiary alicyclic amines) is 1. The van der Waals surface area contributed by atoms with Crippen LogP contribution in [0.15, 0.2) is 0 Å². The summed E-state index contributed by atoms with van der Waals surface area (Å²) in [4.78, 5) is 24.8. The third-order valence-electron chi connectivity index (χ3n) is 3.27. The lowest BCUT2D eigenvalue weighted by molar-refractivity contribution is -0.139. The topological polar surface area (TPSA) is 69.6 Å². The zero-order valence-electron chi connectivity index (χ0n) is 11.7. The lowest BCUT2D eigenvalue weighted by Crippen LogP contribution is -2.48. The Labute approximate surface area is 109 Å². The van der Waals surface area contributed by atoms with E-state index in [-0.39, 0.29) is 17.4 Å². The second-order valence-corrected chi connectivity index (χ2v) is 6.31. The van der Waals surface area contributed by atoms with Gasteiger partial charge in [-0.15, -0.1) is 0 Å². The highest BCUT2D eigenvalue weighted by Crippen LogP contribution is 2.28. The number of nitrogens with one attached hydrogen (secondary N) is 1. The minimum Gasteiger partial charge on any atom is -0.480 e. The maximum Gasteiger partial charge on any atom is 0.326 e. The summed E-state index contributed by atoms with van der Waals surface area (Å²) in [6, 6.07) is -1.05. The molecule has 1 heterocycles. The van der Waals surface area contributed by atoms with Crippen molar-refractivity contribution >= 4 is 12.0 Å². The van der Waals surface area contributed by atoms with Crippen molar-refractivity contribution < 1.29 is 14.7 Å². The number of carbonyl (C=O) groups is 2. The molecule has 0 unspecified atom stereocenters. The van der Waals surface area contributed by atoms with E-state index in [0.717, 1.165) is 6.42 Å². The van der Waals surface area contributed by atoms with Gasteiger partial charge in [0.25, 0.3) is 0 Å². The molecule has 0 aromatic carbocycles. The summed E-state index contributed by atoms with van der Waals surface area (Å²) in [5, 5.41) is 11.7. The SMILES string of the molecule is CC(C)C[C@H](NC(=O)N1CCC(C)(C)C1)C(=O)O. The molecule has 0 saturated carbocycles. The Morgan fingerprint density at radius 3 is 2.39 bits per heavy atom. The van der Waals surface area contributed by atoms with Crippen LogP contribution < -0.4 is 5.32 Å². The molecule has 0 aliphatic carbocycles. The minimum atomic E-state index is -0.962. The molecule has 2 N–H and O–H groups in total. The molecule has 1 aliphatic rings. The van der Waals surface area contributed by atoms with Gasteiger partial charge in [-0.05, 0) is 24.2 Å². The number of rotatable bonds is 4. The normalized spacial score (nSPS) is 19.9. The molecule has 18 heavy (non-hydrogen) atoms. The van der Waals surface area contributed by atoms with Gasteiger partial charge in [0.1, 0.15) is 6.04 Å². The Morgan fingerprint density at radius 1 is 1.39 bits per heavy atom. The first-order valence-corrected chi connectivity index (χ1v) is 6.49. The number of hydrogen-bond donors (Lipinski definition) is 2. The molecule has 104 valence electrons. The molecule has 0 spiro atoms. The number of carbonyl (C=O) groups excluding carboxylic acids is 1. The Kier molecular flexibility index (Phi) is 4.59.